The predicted octanol–water partition coefficient (Wildman–Crippen LogP) is 1.56. The number of hydrogen-bond donors (Lipinski definition) is 1. The second kappa shape index (κ2) is 3.61. The third-order valence-corrected chi connectivity index (χ3v) is 3.81. The van der Waals surface area contributed by atoms with Crippen LogP contribution in [0.2, 0.25) is 0 Å². The van der Waals surface area contributed by atoms with Crippen LogP contribution in [0.1, 0.15) is 13.3 Å². The average Bonchev–Trinajstić information content (AvgIpc) is 2.46. The minimum absolute atomic E-state index is 0.595. The molecule has 0 aliphatic carbocycles. The number of rotatable bonds is 2. The van der Waals surface area contributed by atoms with E-state index in [1.165, 1.54) is 0 Å². The molecule has 76 valence electrons. The highest BCUT2D eigenvalue weighted by atomic mass is 32.2. The molecular weight excluding hydrogens is 196 g/mol. The Labute approximate surface area is 86.4 Å². The molecule has 0 fully saturated rings. The van der Waals surface area contributed by atoms with Crippen molar-refractivity contribution in [1.29, 1.82) is 0 Å². The second-order valence-corrected chi connectivity index (χ2v) is 4.79. The summed E-state index contributed by atoms with van der Waals surface area (Å²) in [6.07, 6.45) is 1.06. The lowest BCUT2D eigenvalue weighted by Gasteiger charge is -2.16. The summed E-state index contributed by atoms with van der Waals surface area (Å²) in [5.74, 6) is 0.595. The molecule has 2 rings (SSSR count). The number of nitrogen functional groups attached to an aromatic ring is 1. The number of fused-ring (bicyclic) bond motifs is 1. The minimum Gasteiger partial charge on any atom is -0.398 e. The van der Waals surface area contributed by atoms with Gasteiger partial charge in [-0.25, -0.2) is 0 Å². The molecule has 1 aliphatic rings. The Morgan fingerprint density at radius 1 is 1.57 bits per heavy atom. The van der Waals surface area contributed by atoms with Gasteiger partial charge in [0.25, 0.3) is 0 Å². The fourth-order valence-corrected chi connectivity index (χ4v) is 3.21. The highest BCUT2D eigenvalue weighted by molar-refractivity contribution is 7.85. The maximum atomic E-state index is 11.8. The van der Waals surface area contributed by atoms with Crippen LogP contribution in [0.5, 0.6) is 0 Å². The molecule has 1 unspecified atom stereocenters. The van der Waals surface area contributed by atoms with Crippen LogP contribution in [0, 0.1) is 0 Å². The smallest absolute Gasteiger partial charge is 0.0986 e. The van der Waals surface area contributed by atoms with Crippen molar-refractivity contribution in [2.75, 3.05) is 23.1 Å². The van der Waals surface area contributed by atoms with Crippen molar-refractivity contribution in [3.63, 3.8) is 0 Å². The molecule has 1 aromatic rings. The molecule has 0 spiro atoms. The topological polar surface area (TPSA) is 46.3 Å². The van der Waals surface area contributed by atoms with E-state index in [-0.39, 0.29) is 0 Å². The molecule has 0 radical (unpaired) electrons. The van der Waals surface area contributed by atoms with Gasteiger partial charge in [0, 0.05) is 12.2 Å². The standard InChI is InChI=1S/C10H14N2OS/c1-2-6-12-7-14(13)10-8(11)4-3-5-9(10)12/h3-5H,2,6-7,11H2,1H3. The lowest BCUT2D eigenvalue weighted by Crippen LogP contribution is -2.21. The Morgan fingerprint density at radius 2 is 2.36 bits per heavy atom. The quantitative estimate of drug-likeness (QED) is 0.754. The van der Waals surface area contributed by atoms with Gasteiger partial charge in [0.1, 0.15) is 0 Å². The van der Waals surface area contributed by atoms with E-state index in [0.29, 0.717) is 11.6 Å². The van der Waals surface area contributed by atoms with Gasteiger partial charge in [-0.15, -0.1) is 0 Å². The van der Waals surface area contributed by atoms with Crippen molar-refractivity contribution < 1.29 is 4.21 Å². The molecule has 3 nitrogen and oxygen atoms in total. The number of nitrogens with zero attached hydrogens (tertiary/aromatic N) is 1. The Bertz CT molecular complexity index is 378. The summed E-state index contributed by atoms with van der Waals surface area (Å²) in [5, 5.41) is 0. The van der Waals surface area contributed by atoms with Crippen LogP contribution in [-0.2, 0) is 10.8 Å². The summed E-state index contributed by atoms with van der Waals surface area (Å²) < 4.78 is 11.8. The average molecular weight is 210 g/mol. The predicted molar refractivity (Wildman–Crippen MR) is 59.8 cm³/mol. The van der Waals surface area contributed by atoms with E-state index >= 15 is 0 Å². The van der Waals surface area contributed by atoms with E-state index in [0.717, 1.165) is 23.5 Å². The summed E-state index contributed by atoms with van der Waals surface area (Å²) in [6.45, 7) is 3.06. The molecule has 0 bridgehead atoms. The van der Waals surface area contributed by atoms with Gasteiger partial charge in [-0.2, -0.15) is 0 Å². The zero-order valence-electron chi connectivity index (χ0n) is 8.19. The number of nitrogens with two attached hydrogens (primary N) is 1. The van der Waals surface area contributed by atoms with Crippen molar-refractivity contribution in [2.45, 2.75) is 18.2 Å². The lowest BCUT2D eigenvalue weighted by atomic mass is 10.2. The molecule has 1 aliphatic heterocycles. The number of anilines is 2. The minimum atomic E-state index is -0.940. The zero-order valence-corrected chi connectivity index (χ0v) is 9.01. The van der Waals surface area contributed by atoms with E-state index in [9.17, 15) is 4.21 Å². The molecule has 1 aromatic carbocycles. The molecule has 0 amide bonds. The Hall–Kier alpha value is -1.03. The normalized spacial score (nSPS) is 19.8. The van der Waals surface area contributed by atoms with Crippen molar-refractivity contribution in [2.24, 2.45) is 0 Å². The van der Waals surface area contributed by atoms with Gasteiger partial charge in [-0.05, 0) is 18.6 Å². The third kappa shape index (κ3) is 1.39. The second-order valence-electron chi connectivity index (χ2n) is 3.43. The van der Waals surface area contributed by atoms with Crippen molar-refractivity contribution in [3.05, 3.63) is 18.2 Å². The Morgan fingerprint density at radius 3 is 3.07 bits per heavy atom. The van der Waals surface area contributed by atoms with E-state index in [1.54, 1.807) is 0 Å². The van der Waals surface area contributed by atoms with Crippen LogP contribution in [0.25, 0.3) is 0 Å². The van der Waals surface area contributed by atoms with Crippen molar-refractivity contribution in [3.8, 4) is 0 Å². The van der Waals surface area contributed by atoms with Gasteiger partial charge in [0.2, 0.25) is 0 Å². The SMILES string of the molecule is CCCN1CS(=O)c2c(N)cccc21. The Kier molecular flexibility index (Phi) is 2.46. The fourth-order valence-electron chi connectivity index (χ4n) is 1.77. The highest BCUT2D eigenvalue weighted by Crippen LogP contribution is 2.35. The van der Waals surface area contributed by atoms with Crippen molar-refractivity contribution in [1.82, 2.24) is 0 Å². The summed E-state index contributed by atoms with van der Waals surface area (Å²) in [4.78, 5) is 2.96. The summed E-state index contributed by atoms with van der Waals surface area (Å²) in [6, 6.07) is 5.72. The molecule has 4 heteroatoms. The van der Waals surface area contributed by atoms with E-state index in [1.807, 2.05) is 18.2 Å². The van der Waals surface area contributed by atoms with Crippen LogP contribution in [0.4, 0.5) is 11.4 Å². The molecule has 0 saturated carbocycles. The molecule has 1 heterocycles. The summed E-state index contributed by atoms with van der Waals surface area (Å²) >= 11 is 0. The third-order valence-electron chi connectivity index (χ3n) is 2.36. The van der Waals surface area contributed by atoms with Crippen LogP contribution < -0.4 is 10.6 Å². The van der Waals surface area contributed by atoms with Crippen molar-refractivity contribution >= 4 is 22.2 Å². The first kappa shape index (κ1) is 9.52. The van der Waals surface area contributed by atoms with E-state index in [4.69, 9.17) is 5.73 Å². The summed E-state index contributed by atoms with van der Waals surface area (Å²) in [5.41, 5.74) is 7.50. The first-order valence-electron chi connectivity index (χ1n) is 4.76. The first-order valence-corrected chi connectivity index (χ1v) is 6.07. The molecule has 14 heavy (non-hydrogen) atoms. The monoisotopic (exact) mass is 210 g/mol. The van der Waals surface area contributed by atoms with Gasteiger partial charge in [-0.1, -0.05) is 13.0 Å². The Balaban J connectivity index is 2.44. The van der Waals surface area contributed by atoms with Gasteiger partial charge >= 0.3 is 0 Å². The maximum Gasteiger partial charge on any atom is 0.0986 e. The van der Waals surface area contributed by atoms with Gasteiger partial charge in [0.05, 0.1) is 27.3 Å². The fraction of sp³-hybridized carbons (Fsp3) is 0.400. The number of benzene rings is 1. The van der Waals surface area contributed by atoms with Gasteiger partial charge < -0.3 is 10.6 Å². The van der Waals surface area contributed by atoms with Crippen LogP contribution in [0.15, 0.2) is 23.1 Å². The largest absolute Gasteiger partial charge is 0.398 e. The van der Waals surface area contributed by atoms with Gasteiger partial charge in [-0.3, -0.25) is 4.21 Å². The van der Waals surface area contributed by atoms with Crippen LogP contribution in [0.3, 0.4) is 0 Å². The maximum absolute atomic E-state index is 11.8. The van der Waals surface area contributed by atoms with Crippen LogP contribution in [-0.4, -0.2) is 16.6 Å². The summed E-state index contributed by atoms with van der Waals surface area (Å²) in [7, 11) is -0.940. The zero-order chi connectivity index (χ0) is 10.1. The molecule has 0 saturated heterocycles. The molecule has 1 atom stereocenters. The lowest BCUT2D eigenvalue weighted by molar-refractivity contribution is 0.684. The molecule has 0 aromatic heterocycles. The van der Waals surface area contributed by atoms with E-state index in [2.05, 4.69) is 11.8 Å². The van der Waals surface area contributed by atoms with Crippen LogP contribution >= 0.6 is 0 Å². The molecular formula is C10H14N2OS. The molecule has 2 N–H and O–H groups in total. The number of hydrogen-bond acceptors (Lipinski definition) is 3. The van der Waals surface area contributed by atoms with Gasteiger partial charge in [0.15, 0.2) is 0 Å². The first-order chi connectivity index (χ1) is 6.74. The van der Waals surface area contributed by atoms with E-state index < -0.39 is 10.8 Å². The highest BCUT2D eigenvalue weighted by Gasteiger charge is 2.26.